The van der Waals surface area contributed by atoms with Gasteiger partial charge in [-0.25, -0.2) is 19.6 Å². The molecule has 0 aliphatic heterocycles. The molecule has 5 aromatic heterocycles. The molecule has 0 saturated heterocycles. The summed E-state index contributed by atoms with van der Waals surface area (Å²) in [6.07, 6.45) is 1.51. The van der Waals surface area contributed by atoms with Crippen molar-refractivity contribution in [3.8, 4) is 17.1 Å². The summed E-state index contributed by atoms with van der Waals surface area (Å²) in [6.45, 7) is 0.229. The normalized spacial score (nSPS) is 11.6. The summed E-state index contributed by atoms with van der Waals surface area (Å²) in [4.78, 5) is 24.8. The minimum absolute atomic E-state index is 0.144. The van der Waals surface area contributed by atoms with Gasteiger partial charge in [-0.3, -0.25) is 4.79 Å². The van der Waals surface area contributed by atoms with Gasteiger partial charge in [0.05, 0.1) is 30.2 Å². The van der Waals surface area contributed by atoms with Crippen LogP contribution in [0.15, 0.2) is 77.8 Å². The number of carbonyl (C=O) groups is 1. The molecule has 0 atom stereocenters. The third-order valence-corrected chi connectivity index (χ3v) is 4.97. The number of carbonyl (C=O) groups excluding carboxylic acids is 1. The summed E-state index contributed by atoms with van der Waals surface area (Å²) in [5.41, 5.74) is 0.466. The van der Waals surface area contributed by atoms with Crippen LogP contribution in [0.5, 0.6) is 0 Å². The van der Waals surface area contributed by atoms with E-state index in [1.165, 1.54) is 35.5 Å². The van der Waals surface area contributed by atoms with Crippen molar-refractivity contribution in [3.05, 3.63) is 90.5 Å². The van der Waals surface area contributed by atoms with Crippen molar-refractivity contribution in [1.29, 1.82) is 0 Å². The largest absolute Gasteiger partial charge is 0.467 e. The van der Waals surface area contributed by atoms with Gasteiger partial charge in [-0.05, 0) is 42.5 Å². The highest BCUT2D eigenvalue weighted by molar-refractivity contribution is 5.92. The van der Waals surface area contributed by atoms with Gasteiger partial charge in [-0.15, -0.1) is 0 Å². The van der Waals surface area contributed by atoms with E-state index in [4.69, 9.17) is 4.42 Å². The molecule has 0 bridgehead atoms. The molecular formula is C23H15F3N6O2. The van der Waals surface area contributed by atoms with Crippen LogP contribution in [-0.2, 0) is 12.7 Å². The van der Waals surface area contributed by atoms with Crippen LogP contribution in [0.4, 0.5) is 13.2 Å². The zero-order valence-corrected chi connectivity index (χ0v) is 17.3. The Morgan fingerprint density at radius 3 is 2.74 bits per heavy atom. The first-order valence-corrected chi connectivity index (χ1v) is 10.0. The molecule has 34 heavy (non-hydrogen) atoms. The first kappa shape index (κ1) is 21.3. The van der Waals surface area contributed by atoms with Gasteiger partial charge in [0.1, 0.15) is 17.1 Å². The SMILES string of the molecule is O=C(NCc1ccco1)c1cccc(-c2cnn(-c3nccc4nc(C(F)(F)F)ccc34)c2)n1. The van der Waals surface area contributed by atoms with Crippen molar-refractivity contribution < 1.29 is 22.4 Å². The number of alkyl halides is 3. The fraction of sp³-hybridized carbons (Fsp3) is 0.0870. The standard InChI is InChI=1S/C23H15F3N6O2/c24-23(25,26)20-7-6-16-18(31-20)8-9-27-21(16)32-13-14(11-29-32)17-4-1-5-19(30-17)22(33)28-12-15-3-2-10-34-15/h1-11,13H,12H2,(H,28,33). The summed E-state index contributed by atoms with van der Waals surface area (Å²) in [5, 5.41) is 7.42. The Morgan fingerprint density at radius 2 is 1.94 bits per heavy atom. The maximum absolute atomic E-state index is 13.0. The first-order chi connectivity index (χ1) is 16.4. The highest BCUT2D eigenvalue weighted by Gasteiger charge is 2.32. The van der Waals surface area contributed by atoms with Crippen LogP contribution >= 0.6 is 0 Å². The molecule has 1 N–H and O–H groups in total. The number of rotatable bonds is 5. The zero-order chi connectivity index (χ0) is 23.7. The number of nitrogens with one attached hydrogen (secondary N) is 1. The predicted molar refractivity (Wildman–Crippen MR) is 115 cm³/mol. The van der Waals surface area contributed by atoms with Crippen molar-refractivity contribution in [1.82, 2.24) is 30.0 Å². The number of nitrogens with zero attached hydrogens (tertiary/aromatic N) is 5. The van der Waals surface area contributed by atoms with Crippen molar-refractivity contribution >= 4 is 16.8 Å². The van der Waals surface area contributed by atoms with Crippen molar-refractivity contribution in [2.24, 2.45) is 0 Å². The molecule has 0 aliphatic rings. The molecule has 0 saturated carbocycles. The van der Waals surface area contributed by atoms with Gasteiger partial charge in [0.25, 0.3) is 5.91 Å². The molecule has 1 amide bonds. The maximum Gasteiger partial charge on any atom is 0.433 e. The Hall–Kier alpha value is -4.54. The lowest BCUT2D eigenvalue weighted by atomic mass is 10.2. The van der Waals surface area contributed by atoms with Crippen molar-refractivity contribution in [2.75, 3.05) is 0 Å². The third kappa shape index (κ3) is 4.22. The minimum Gasteiger partial charge on any atom is -0.467 e. The van der Waals surface area contributed by atoms with E-state index in [-0.39, 0.29) is 23.7 Å². The van der Waals surface area contributed by atoms with Crippen LogP contribution < -0.4 is 5.32 Å². The molecule has 0 spiro atoms. The van der Waals surface area contributed by atoms with Gasteiger partial charge < -0.3 is 9.73 Å². The van der Waals surface area contributed by atoms with E-state index in [9.17, 15) is 18.0 Å². The van der Waals surface area contributed by atoms with E-state index in [0.717, 1.165) is 6.07 Å². The average Bonchev–Trinajstić information content (AvgIpc) is 3.54. The molecule has 11 heteroatoms. The molecule has 0 fully saturated rings. The maximum atomic E-state index is 13.0. The smallest absolute Gasteiger partial charge is 0.433 e. The number of pyridine rings is 3. The number of furan rings is 1. The number of hydrogen-bond donors (Lipinski definition) is 1. The van der Waals surface area contributed by atoms with E-state index in [1.807, 2.05) is 0 Å². The lowest BCUT2D eigenvalue weighted by Crippen LogP contribution is -2.23. The Kier molecular flexibility index (Phi) is 5.28. The zero-order valence-electron chi connectivity index (χ0n) is 17.3. The monoisotopic (exact) mass is 464 g/mol. The van der Waals surface area contributed by atoms with E-state index in [2.05, 4.69) is 25.4 Å². The number of fused-ring (bicyclic) bond motifs is 1. The van der Waals surface area contributed by atoms with Crippen LogP contribution in [0.1, 0.15) is 21.9 Å². The topological polar surface area (TPSA) is 98.7 Å². The minimum atomic E-state index is -4.54. The van der Waals surface area contributed by atoms with E-state index < -0.39 is 11.9 Å². The quantitative estimate of drug-likeness (QED) is 0.414. The molecule has 0 unspecified atom stereocenters. The molecule has 170 valence electrons. The van der Waals surface area contributed by atoms with Crippen molar-refractivity contribution in [2.45, 2.75) is 12.7 Å². The second kappa shape index (κ2) is 8.43. The lowest BCUT2D eigenvalue weighted by Gasteiger charge is -2.09. The summed E-state index contributed by atoms with van der Waals surface area (Å²) >= 11 is 0. The Balaban J connectivity index is 1.42. The fourth-order valence-electron chi connectivity index (χ4n) is 3.34. The van der Waals surface area contributed by atoms with Gasteiger partial charge in [0, 0.05) is 23.3 Å². The number of aromatic nitrogens is 5. The van der Waals surface area contributed by atoms with Crippen LogP contribution in [-0.4, -0.2) is 30.6 Å². The van der Waals surface area contributed by atoms with E-state index in [1.54, 1.807) is 36.5 Å². The number of halogens is 3. The van der Waals surface area contributed by atoms with E-state index in [0.29, 0.717) is 28.2 Å². The van der Waals surface area contributed by atoms with Crippen LogP contribution in [0.3, 0.4) is 0 Å². The summed E-state index contributed by atoms with van der Waals surface area (Å²) < 4.78 is 45.6. The fourth-order valence-corrected chi connectivity index (χ4v) is 3.34. The first-order valence-electron chi connectivity index (χ1n) is 10.0. The Bertz CT molecular complexity index is 1480. The third-order valence-electron chi connectivity index (χ3n) is 4.97. The molecule has 0 aliphatic carbocycles. The molecule has 0 radical (unpaired) electrons. The van der Waals surface area contributed by atoms with Gasteiger partial charge >= 0.3 is 6.18 Å². The Labute approximate surface area is 190 Å². The highest BCUT2D eigenvalue weighted by atomic mass is 19.4. The number of amides is 1. The van der Waals surface area contributed by atoms with Gasteiger partial charge in [0.15, 0.2) is 5.82 Å². The molecule has 8 nitrogen and oxygen atoms in total. The molecule has 0 aromatic carbocycles. The van der Waals surface area contributed by atoms with Crippen LogP contribution in [0.25, 0.3) is 28.0 Å². The van der Waals surface area contributed by atoms with Crippen LogP contribution in [0, 0.1) is 0 Å². The van der Waals surface area contributed by atoms with Gasteiger partial charge in [-0.1, -0.05) is 6.07 Å². The van der Waals surface area contributed by atoms with Gasteiger partial charge in [-0.2, -0.15) is 18.3 Å². The average molecular weight is 464 g/mol. The van der Waals surface area contributed by atoms with Crippen LogP contribution in [0.2, 0.25) is 0 Å². The second-order valence-corrected chi connectivity index (χ2v) is 7.24. The summed E-state index contributed by atoms with van der Waals surface area (Å²) in [5.74, 6) is 0.565. The Morgan fingerprint density at radius 1 is 1.06 bits per heavy atom. The molecular weight excluding hydrogens is 449 g/mol. The van der Waals surface area contributed by atoms with Crippen molar-refractivity contribution in [3.63, 3.8) is 0 Å². The predicted octanol–water partition coefficient (Wildman–Crippen LogP) is 4.42. The summed E-state index contributed by atoms with van der Waals surface area (Å²) in [6, 6.07) is 12.1. The molecule has 5 rings (SSSR count). The second-order valence-electron chi connectivity index (χ2n) is 7.24. The van der Waals surface area contributed by atoms with E-state index >= 15 is 0 Å². The highest BCUT2D eigenvalue weighted by Crippen LogP contribution is 2.30. The van der Waals surface area contributed by atoms with Gasteiger partial charge in [0.2, 0.25) is 0 Å². The molecule has 5 heterocycles. The number of hydrogen-bond acceptors (Lipinski definition) is 6. The summed E-state index contributed by atoms with van der Waals surface area (Å²) in [7, 11) is 0. The molecule has 5 aromatic rings. The lowest BCUT2D eigenvalue weighted by molar-refractivity contribution is -0.140.